The number of methoxy groups -OCH3 is 1. The number of unbranched alkanes of at least 4 members (excludes halogenated alkanes) is 1. The lowest BCUT2D eigenvalue weighted by atomic mass is 10.1. The highest BCUT2D eigenvalue weighted by Crippen LogP contribution is 2.31. The molecule has 0 aliphatic heterocycles. The second kappa shape index (κ2) is 12.5. The predicted octanol–water partition coefficient (Wildman–Crippen LogP) is 7.58. The van der Waals surface area contributed by atoms with Gasteiger partial charge in [0.2, 0.25) is 0 Å². The van der Waals surface area contributed by atoms with E-state index in [0.29, 0.717) is 24.4 Å². The fourth-order valence-electron chi connectivity index (χ4n) is 4.59. The number of nitrogens with zero attached hydrogens (tertiary/aromatic N) is 3. The Morgan fingerprint density at radius 1 is 0.861 bits per heavy atom. The molecule has 0 saturated heterocycles. The average Bonchev–Trinajstić information content (AvgIpc) is 3.27. The lowest BCUT2D eigenvalue weighted by Gasteiger charge is -2.24. The number of ether oxygens (including phenoxy) is 1. The van der Waals surface area contributed by atoms with Crippen LogP contribution in [0.3, 0.4) is 0 Å². The van der Waals surface area contributed by atoms with Gasteiger partial charge in [-0.3, -0.25) is 4.90 Å². The minimum atomic E-state index is -0.201. The van der Waals surface area contributed by atoms with Crippen LogP contribution in [0.1, 0.15) is 44.4 Å². The van der Waals surface area contributed by atoms with E-state index in [1.165, 1.54) is 11.8 Å². The van der Waals surface area contributed by atoms with E-state index in [-0.39, 0.29) is 5.82 Å². The summed E-state index contributed by atoms with van der Waals surface area (Å²) in [6.45, 7) is 7.32. The molecule has 188 valence electrons. The molecular formula is C31H36FN3O. The van der Waals surface area contributed by atoms with E-state index in [2.05, 4.69) is 71.8 Å². The van der Waals surface area contributed by atoms with E-state index in [9.17, 15) is 4.39 Å². The molecule has 0 unspecified atom stereocenters. The van der Waals surface area contributed by atoms with Gasteiger partial charge in [0.25, 0.3) is 0 Å². The normalized spacial score (nSPS) is 11.2. The number of halogens is 1. The van der Waals surface area contributed by atoms with Crippen molar-refractivity contribution in [2.75, 3.05) is 13.7 Å². The zero-order chi connectivity index (χ0) is 25.3. The first-order chi connectivity index (χ1) is 17.6. The van der Waals surface area contributed by atoms with Gasteiger partial charge in [-0.1, -0.05) is 80.9 Å². The van der Waals surface area contributed by atoms with E-state index >= 15 is 0 Å². The molecule has 4 rings (SSSR count). The van der Waals surface area contributed by atoms with Crippen LogP contribution >= 0.6 is 0 Å². The minimum Gasteiger partial charge on any atom is -0.497 e. The Morgan fingerprint density at radius 2 is 1.56 bits per heavy atom. The smallest absolute Gasteiger partial charge is 0.140 e. The fourth-order valence-corrected chi connectivity index (χ4v) is 4.59. The van der Waals surface area contributed by atoms with Gasteiger partial charge < -0.3 is 9.30 Å². The molecule has 0 N–H and O–H groups in total. The molecule has 0 amide bonds. The van der Waals surface area contributed by atoms with Gasteiger partial charge in [-0.25, -0.2) is 9.37 Å². The van der Waals surface area contributed by atoms with Crippen LogP contribution in [-0.2, 0) is 19.6 Å². The Hall–Kier alpha value is -3.44. The number of rotatable bonds is 12. The Morgan fingerprint density at radius 3 is 2.19 bits per heavy atom. The maximum Gasteiger partial charge on any atom is 0.140 e. The Kier molecular flexibility index (Phi) is 8.90. The molecule has 0 atom stereocenters. The SMILES string of the molecule is CCCCN(Cc1cc(OC)ccc1F)Cc1c(-c2ccccc2)nc(-c2ccccc2)n1CCC. The van der Waals surface area contributed by atoms with Crippen molar-refractivity contribution in [2.45, 2.75) is 52.7 Å². The number of aromatic nitrogens is 2. The van der Waals surface area contributed by atoms with E-state index in [1.54, 1.807) is 13.2 Å². The van der Waals surface area contributed by atoms with Gasteiger partial charge in [0.05, 0.1) is 18.5 Å². The molecule has 4 aromatic rings. The molecule has 36 heavy (non-hydrogen) atoms. The first kappa shape index (κ1) is 25.6. The molecule has 3 aromatic carbocycles. The molecule has 1 heterocycles. The van der Waals surface area contributed by atoms with Gasteiger partial charge in [0, 0.05) is 36.3 Å². The summed E-state index contributed by atoms with van der Waals surface area (Å²) in [4.78, 5) is 7.54. The Balaban J connectivity index is 1.79. The molecule has 5 heteroatoms. The highest BCUT2D eigenvalue weighted by molar-refractivity contribution is 5.68. The quantitative estimate of drug-likeness (QED) is 0.207. The fraction of sp³-hybridized carbons (Fsp3) is 0.323. The van der Waals surface area contributed by atoms with Crippen molar-refractivity contribution >= 4 is 0 Å². The van der Waals surface area contributed by atoms with Crippen LogP contribution in [0.15, 0.2) is 78.9 Å². The van der Waals surface area contributed by atoms with Crippen LogP contribution in [0.2, 0.25) is 0 Å². The van der Waals surface area contributed by atoms with Crippen LogP contribution in [0.25, 0.3) is 22.6 Å². The molecule has 0 fully saturated rings. The largest absolute Gasteiger partial charge is 0.497 e. The third-order valence-electron chi connectivity index (χ3n) is 6.45. The maximum atomic E-state index is 14.8. The standard InChI is InChI=1S/C31H36FN3O/c1-4-6-20-34(22-26-21-27(36-3)17-18-28(26)32)23-29-30(24-13-9-7-10-14-24)33-31(35(29)19-5-2)25-15-11-8-12-16-25/h7-18,21H,4-6,19-20,22-23H2,1-3H3. The summed E-state index contributed by atoms with van der Waals surface area (Å²) < 4.78 is 22.5. The lowest BCUT2D eigenvalue weighted by Crippen LogP contribution is -2.26. The Bertz CT molecular complexity index is 1240. The minimum absolute atomic E-state index is 0.201. The third-order valence-corrected chi connectivity index (χ3v) is 6.45. The van der Waals surface area contributed by atoms with Crippen molar-refractivity contribution in [3.63, 3.8) is 0 Å². The first-order valence-electron chi connectivity index (χ1n) is 12.9. The average molecular weight is 486 g/mol. The van der Waals surface area contributed by atoms with Crippen LogP contribution in [-0.4, -0.2) is 28.1 Å². The van der Waals surface area contributed by atoms with Gasteiger partial charge in [0.15, 0.2) is 0 Å². The number of hydrogen-bond acceptors (Lipinski definition) is 3. The molecular weight excluding hydrogens is 449 g/mol. The second-order valence-electron chi connectivity index (χ2n) is 9.14. The third kappa shape index (κ3) is 6.03. The van der Waals surface area contributed by atoms with Gasteiger partial charge in [-0.2, -0.15) is 0 Å². The zero-order valence-electron chi connectivity index (χ0n) is 21.6. The van der Waals surface area contributed by atoms with E-state index in [4.69, 9.17) is 9.72 Å². The highest BCUT2D eigenvalue weighted by Gasteiger charge is 2.22. The molecule has 0 bridgehead atoms. The van der Waals surface area contributed by atoms with Gasteiger partial charge in [-0.15, -0.1) is 0 Å². The van der Waals surface area contributed by atoms with Gasteiger partial charge >= 0.3 is 0 Å². The van der Waals surface area contributed by atoms with Crippen LogP contribution in [0.4, 0.5) is 4.39 Å². The van der Waals surface area contributed by atoms with Crippen molar-refractivity contribution in [2.24, 2.45) is 0 Å². The number of hydrogen-bond donors (Lipinski definition) is 0. The van der Waals surface area contributed by atoms with Crippen molar-refractivity contribution in [1.82, 2.24) is 14.5 Å². The van der Waals surface area contributed by atoms with Crippen LogP contribution in [0.5, 0.6) is 5.75 Å². The van der Waals surface area contributed by atoms with Crippen molar-refractivity contribution in [3.05, 3.63) is 95.9 Å². The summed E-state index contributed by atoms with van der Waals surface area (Å²) in [5.74, 6) is 1.45. The molecule has 0 aliphatic carbocycles. The van der Waals surface area contributed by atoms with E-state index < -0.39 is 0 Å². The summed E-state index contributed by atoms with van der Waals surface area (Å²) in [5.41, 5.74) is 5.02. The molecule has 0 saturated carbocycles. The van der Waals surface area contributed by atoms with Gasteiger partial charge in [0.1, 0.15) is 17.4 Å². The Labute approximate surface area is 214 Å². The zero-order valence-corrected chi connectivity index (χ0v) is 21.6. The van der Waals surface area contributed by atoms with Gasteiger partial charge in [-0.05, 0) is 37.6 Å². The number of imidazole rings is 1. The van der Waals surface area contributed by atoms with Crippen molar-refractivity contribution in [1.29, 1.82) is 0 Å². The first-order valence-corrected chi connectivity index (χ1v) is 12.9. The monoisotopic (exact) mass is 485 g/mol. The van der Waals surface area contributed by atoms with Crippen molar-refractivity contribution < 1.29 is 9.13 Å². The van der Waals surface area contributed by atoms with E-state index in [1.807, 2.05) is 18.2 Å². The summed E-state index contributed by atoms with van der Waals surface area (Å²) in [6.07, 6.45) is 3.11. The summed E-state index contributed by atoms with van der Waals surface area (Å²) in [6, 6.07) is 25.7. The topological polar surface area (TPSA) is 30.3 Å². The number of benzene rings is 3. The lowest BCUT2D eigenvalue weighted by molar-refractivity contribution is 0.242. The van der Waals surface area contributed by atoms with E-state index in [0.717, 1.165) is 55.0 Å². The second-order valence-corrected chi connectivity index (χ2v) is 9.14. The van der Waals surface area contributed by atoms with Crippen LogP contribution < -0.4 is 4.74 Å². The summed E-state index contributed by atoms with van der Waals surface area (Å²) in [5, 5.41) is 0. The highest BCUT2D eigenvalue weighted by atomic mass is 19.1. The summed E-state index contributed by atoms with van der Waals surface area (Å²) >= 11 is 0. The predicted molar refractivity (Wildman–Crippen MR) is 145 cm³/mol. The van der Waals surface area contributed by atoms with Crippen LogP contribution in [0, 0.1) is 5.82 Å². The molecule has 0 radical (unpaired) electrons. The van der Waals surface area contributed by atoms with Crippen molar-refractivity contribution in [3.8, 4) is 28.4 Å². The molecule has 0 spiro atoms. The molecule has 1 aromatic heterocycles. The molecule has 4 nitrogen and oxygen atoms in total. The maximum absolute atomic E-state index is 14.8. The summed E-state index contributed by atoms with van der Waals surface area (Å²) in [7, 11) is 1.62. The molecule has 0 aliphatic rings.